The van der Waals surface area contributed by atoms with Crippen LogP contribution in [-0.2, 0) is 6.42 Å². The van der Waals surface area contributed by atoms with Crippen molar-refractivity contribution >= 4 is 11.4 Å². The second kappa shape index (κ2) is 5.74. The smallest absolute Gasteiger partial charge is 0.148 e. The van der Waals surface area contributed by atoms with Crippen LogP contribution >= 0.6 is 0 Å². The maximum Gasteiger partial charge on any atom is 0.148 e. The van der Waals surface area contributed by atoms with Gasteiger partial charge in [0.2, 0.25) is 0 Å². The van der Waals surface area contributed by atoms with Gasteiger partial charge in [-0.05, 0) is 31.0 Å². The monoisotopic (exact) mass is 258 g/mol. The molecule has 0 aliphatic rings. The zero-order valence-electron chi connectivity index (χ0n) is 11.4. The summed E-state index contributed by atoms with van der Waals surface area (Å²) in [6, 6.07) is 13.4. The van der Waals surface area contributed by atoms with Crippen LogP contribution in [0.4, 0.5) is 15.8 Å². The number of hydrogen-bond acceptors (Lipinski definition) is 2. The van der Waals surface area contributed by atoms with Crippen molar-refractivity contribution in [2.45, 2.75) is 13.3 Å². The maximum atomic E-state index is 13.4. The van der Waals surface area contributed by atoms with Gasteiger partial charge in [0, 0.05) is 13.6 Å². The summed E-state index contributed by atoms with van der Waals surface area (Å²) in [6.45, 7) is 2.88. The van der Waals surface area contributed by atoms with E-state index in [1.807, 2.05) is 18.0 Å². The molecule has 0 saturated carbocycles. The Balaban J connectivity index is 2.03. The lowest BCUT2D eigenvalue weighted by atomic mass is 10.1. The van der Waals surface area contributed by atoms with Gasteiger partial charge in [-0.1, -0.05) is 35.9 Å². The summed E-state index contributed by atoms with van der Waals surface area (Å²) < 4.78 is 13.4. The van der Waals surface area contributed by atoms with Crippen molar-refractivity contribution in [2.75, 3.05) is 24.2 Å². The molecule has 0 amide bonds. The van der Waals surface area contributed by atoms with Crippen molar-refractivity contribution in [1.82, 2.24) is 0 Å². The van der Waals surface area contributed by atoms with Crippen LogP contribution in [0.25, 0.3) is 0 Å². The minimum atomic E-state index is -0.361. The summed E-state index contributed by atoms with van der Waals surface area (Å²) in [5.41, 5.74) is 9.24. The number of nitrogen functional groups attached to an aromatic ring is 1. The maximum absolute atomic E-state index is 13.4. The van der Waals surface area contributed by atoms with E-state index in [4.69, 9.17) is 5.73 Å². The quantitative estimate of drug-likeness (QED) is 0.852. The minimum Gasteiger partial charge on any atom is -0.395 e. The van der Waals surface area contributed by atoms with E-state index in [9.17, 15) is 4.39 Å². The molecule has 2 rings (SSSR count). The first-order chi connectivity index (χ1) is 9.08. The van der Waals surface area contributed by atoms with Crippen LogP contribution in [0, 0.1) is 12.7 Å². The molecular weight excluding hydrogens is 239 g/mol. The molecule has 0 radical (unpaired) electrons. The van der Waals surface area contributed by atoms with Gasteiger partial charge in [-0.3, -0.25) is 0 Å². The number of rotatable bonds is 4. The van der Waals surface area contributed by atoms with E-state index >= 15 is 0 Å². The molecule has 0 saturated heterocycles. The topological polar surface area (TPSA) is 29.3 Å². The average molecular weight is 258 g/mol. The number of halogens is 1. The Morgan fingerprint density at radius 2 is 1.79 bits per heavy atom. The molecule has 2 N–H and O–H groups in total. The number of anilines is 2. The molecule has 0 bridgehead atoms. The Kier molecular flexibility index (Phi) is 4.05. The van der Waals surface area contributed by atoms with E-state index < -0.39 is 0 Å². The van der Waals surface area contributed by atoms with Gasteiger partial charge in [0.15, 0.2) is 0 Å². The van der Waals surface area contributed by atoms with Crippen molar-refractivity contribution in [3.05, 3.63) is 59.4 Å². The van der Waals surface area contributed by atoms with Gasteiger partial charge in [0.25, 0.3) is 0 Å². The van der Waals surface area contributed by atoms with Gasteiger partial charge in [-0.2, -0.15) is 0 Å². The molecule has 0 heterocycles. The average Bonchev–Trinajstić information content (AvgIpc) is 2.41. The Morgan fingerprint density at radius 1 is 1.11 bits per heavy atom. The van der Waals surface area contributed by atoms with Crippen molar-refractivity contribution in [3.8, 4) is 0 Å². The van der Waals surface area contributed by atoms with Crippen LogP contribution in [0.1, 0.15) is 11.1 Å². The highest BCUT2D eigenvalue weighted by atomic mass is 19.1. The molecule has 0 aliphatic heterocycles. The van der Waals surface area contributed by atoms with Crippen molar-refractivity contribution < 1.29 is 4.39 Å². The number of nitrogens with two attached hydrogens (primary N) is 1. The minimum absolute atomic E-state index is 0.217. The first-order valence-electron chi connectivity index (χ1n) is 6.38. The van der Waals surface area contributed by atoms with Gasteiger partial charge in [0.1, 0.15) is 5.82 Å². The molecule has 0 aromatic heterocycles. The highest BCUT2D eigenvalue weighted by Crippen LogP contribution is 2.24. The van der Waals surface area contributed by atoms with E-state index in [0.717, 1.165) is 18.7 Å². The number of likely N-dealkylation sites (N-methyl/N-ethyl adjacent to an activating group) is 1. The third-order valence-corrected chi connectivity index (χ3v) is 3.30. The molecule has 0 fully saturated rings. The van der Waals surface area contributed by atoms with E-state index in [1.165, 1.54) is 17.2 Å². The zero-order chi connectivity index (χ0) is 13.8. The summed E-state index contributed by atoms with van der Waals surface area (Å²) in [5, 5.41) is 0. The van der Waals surface area contributed by atoms with Crippen LogP contribution < -0.4 is 10.6 Å². The third-order valence-electron chi connectivity index (χ3n) is 3.30. The molecular formula is C16H19FN2. The van der Waals surface area contributed by atoms with Crippen LogP contribution in [0.5, 0.6) is 0 Å². The normalized spacial score (nSPS) is 10.5. The van der Waals surface area contributed by atoms with Gasteiger partial charge in [0.05, 0.1) is 11.4 Å². The Morgan fingerprint density at radius 3 is 2.47 bits per heavy atom. The van der Waals surface area contributed by atoms with Crippen molar-refractivity contribution in [1.29, 1.82) is 0 Å². The van der Waals surface area contributed by atoms with Gasteiger partial charge in [-0.15, -0.1) is 0 Å². The lowest BCUT2D eigenvalue weighted by Gasteiger charge is -2.21. The predicted molar refractivity (Wildman–Crippen MR) is 79.0 cm³/mol. The second-order valence-electron chi connectivity index (χ2n) is 4.83. The molecule has 19 heavy (non-hydrogen) atoms. The standard InChI is InChI=1S/C16H19FN2/c1-12-6-8-13(9-7-12)10-11-19(2)15-5-3-4-14(17)16(15)18/h3-9H,10-11,18H2,1-2H3. The van der Waals surface area contributed by atoms with Gasteiger partial charge in [-0.25, -0.2) is 4.39 Å². The SMILES string of the molecule is Cc1ccc(CCN(C)c2cccc(F)c2N)cc1. The third kappa shape index (κ3) is 3.25. The molecule has 2 aromatic carbocycles. The summed E-state index contributed by atoms with van der Waals surface area (Å²) in [6.07, 6.45) is 0.909. The Labute approximate surface area is 113 Å². The highest BCUT2D eigenvalue weighted by Gasteiger charge is 2.08. The van der Waals surface area contributed by atoms with E-state index in [-0.39, 0.29) is 11.5 Å². The van der Waals surface area contributed by atoms with Crippen LogP contribution in [0.3, 0.4) is 0 Å². The van der Waals surface area contributed by atoms with Crippen molar-refractivity contribution in [3.63, 3.8) is 0 Å². The molecule has 100 valence electrons. The summed E-state index contributed by atoms with van der Waals surface area (Å²) in [7, 11) is 1.93. The van der Waals surface area contributed by atoms with Crippen LogP contribution in [0.2, 0.25) is 0 Å². The fraction of sp³-hybridized carbons (Fsp3) is 0.250. The molecule has 0 aliphatic carbocycles. The fourth-order valence-electron chi connectivity index (χ4n) is 2.03. The predicted octanol–water partition coefficient (Wildman–Crippen LogP) is 3.40. The molecule has 2 nitrogen and oxygen atoms in total. The first kappa shape index (κ1) is 13.4. The molecule has 0 spiro atoms. The molecule has 3 heteroatoms. The van der Waals surface area contributed by atoms with Crippen molar-refractivity contribution in [2.24, 2.45) is 0 Å². The molecule has 2 aromatic rings. The Bertz CT molecular complexity index is 549. The lowest BCUT2D eigenvalue weighted by Crippen LogP contribution is -2.21. The number of para-hydroxylation sites is 1. The van der Waals surface area contributed by atoms with E-state index in [1.54, 1.807) is 6.07 Å². The molecule has 0 atom stereocenters. The lowest BCUT2D eigenvalue weighted by molar-refractivity contribution is 0.632. The van der Waals surface area contributed by atoms with Crippen LogP contribution in [-0.4, -0.2) is 13.6 Å². The number of aryl methyl sites for hydroxylation is 1. The number of nitrogens with zero attached hydrogens (tertiary/aromatic N) is 1. The van der Waals surface area contributed by atoms with Crippen LogP contribution in [0.15, 0.2) is 42.5 Å². The first-order valence-corrected chi connectivity index (χ1v) is 6.38. The van der Waals surface area contributed by atoms with Gasteiger partial charge < -0.3 is 10.6 Å². The number of hydrogen-bond donors (Lipinski definition) is 1. The summed E-state index contributed by atoms with van der Waals surface area (Å²) >= 11 is 0. The zero-order valence-corrected chi connectivity index (χ0v) is 11.4. The second-order valence-corrected chi connectivity index (χ2v) is 4.83. The Hall–Kier alpha value is -2.03. The summed E-state index contributed by atoms with van der Waals surface area (Å²) in [4.78, 5) is 1.98. The number of benzene rings is 2. The fourth-order valence-corrected chi connectivity index (χ4v) is 2.03. The highest BCUT2D eigenvalue weighted by molar-refractivity contribution is 5.67. The largest absolute Gasteiger partial charge is 0.395 e. The van der Waals surface area contributed by atoms with E-state index in [0.29, 0.717) is 0 Å². The van der Waals surface area contributed by atoms with Gasteiger partial charge >= 0.3 is 0 Å². The van der Waals surface area contributed by atoms with E-state index in [2.05, 4.69) is 31.2 Å². The molecule has 0 unspecified atom stereocenters. The summed E-state index contributed by atoms with van der Waals surface area (Å²) in [5.74, 6) is -0.361.